The highest BCUT2D eigenvalue weighted by atomic mass is 15.2. The minimum atomic E-state index is 0.580. The third-order valence-electron chi connectivity index (χ3n) is 19.6. The predicted molar refractivity (Wildman–Crippen MR) is 383 cm³/mol. The summed E-state index contributed by atoms with van der Waals surface area (Å²) in [6.45, 7) is 0. The summed E-state index contributed by atoms with van der Waals surface area (Å²) in [6, 6.07) is 116. The number of aromatic nitrogens is 6. The van der Waals surface area contributed by atoms with Crippen molar-refractivity contribution in [2.75, 3.05) is 0 Å². The molecule has 0 fully saturated rings. The summed E-state index contributed by atoms with van der Waals surface area (Å²) in [5.41, 5.74) is 21.3. The molecule has 0 saturated carbocycles. The van der Waals surface area contributed by atoms with Gasteiger partial charge < -0.3 is 27.4 Å². The molecule has 7 heteroatoms. The van der Waals surface area contributed by atoms with Crippen molar-refractivity contribution in [1.29, 1.82) is 5.26 Å². The molecule has 0 aliphatic rings. The fourth-order valence-corrected chi connectivity index (χ4v) is 16.0. The Kier molecular flexibility index (Phi) is 10.5. The number of nitrogens with zero attached hydrogens (tertiary/aromatic N) is 7. The molecule has 14 aromatic carbocycles. The van der Waals surface area contributed by atoms with E-state index in [-0.39, 0.29) is 0 Å². The fraction of sp³-hybridized carbons (Fsp3) is 0. The third-order valence-corrected chi connectivity index (χ3v) is 19.6. The molecule has 0 unspecified atom stereocenters. The van der Waals surface area contributed by atoms with Gasteiger partial charge in [0.15, 0.2) is 0 Å². The number of para-hydroxylation sites is 11. The maximum absolute atomic E-state index is 10.8. The first kappa shape index (κ1) is 50.4. The zero-order chi connectivity index (χ0) is 60.3. The average Bonchev–Trinajstić information content (AvgIpc) is 1.44. The van der Waals surface area contributed by atoms with E-state index in [0.29, 0.717) is 5.56 Å². The molecule has 0 N–H and O–H groups in total. The van der Waals surface area contributed by atoms with Crippen molar-refractivity contribution in [2.24, 2.45) is 0 Å². The van der Waals surface area contributed by atoms with Crippen molar-refractivity contribution in [3.63, 3.8) is 0 Å². The Morgan fingerprint density at radius 2 is 0.489 bits per heavy atom. The van der Waals surface area contributed by atoms with Crippen LogP contribution in [0.5, 0.6) is 0 Å². The standard InChI is InChI=1S/C85H51N7/c86-52-53-46-48-54(49-47-53)78-81(88-67-36-14-4-26-56(67)57-27-5-15-37-68(57)88)83(90-71-40-18-8-30-60(71)61-31-9-19-41-72(61)90)85(92-75-44-22-12-34-64(75)65-50-51-77-79(80(65)92)66-35-13-23-45-76(66)87(77)55-24-2-1-3-25-55)84(91-73-42-20-10-32-62(73)63-33-11-21-43-74(63)91)82(78)89-69-38-16-6-28-58(69)59-29-7-17-39-70(59)89/h1-51H. The van der Waals surface area contributed by atoms with Gasteiger partial charge in [0.2, 0.25) is 0 Å². The van der Waals surface area contributed by atoms with Gasteiger partial charge in [0.25, 0.3) is 0 Å². The molecule has 20 aromatic rings. The Morgan fingerprint density at radius 3 is 0.848 bits per heavy atom. The molecule has 6 heterocycles. The Bertz CT molecular complexity index is 6100. The number of nitriles is 1. The van der Waals surface area contributed by atoms with Crippen LogP contribution in [0.2, 0.25) is 0 Å². The van der Waals surface area contributed by atoms with Gasteiger partial charge in [-0.2, -0.15) is 5.26 Å². The molecule has 7 nitrogen and oxygen atoms in total. The Hall–Kier alpha value is -12.6. The topological polar surface area (TPSA) is 53.4 Å². The summed E-state index contributed by atoms with van der Waals surface area (Å²) in [6.07, 6.45) is 0. The van der Waals surface area contributed by atoms with E-state index in [1.54, 1.807) is 0 Å². The Labute approximate surface area is 526 Å². The average molecular weight is 1170 g/mol. The summed E-state index contributed by atoms with van der Waals surface area (Å²) in [5.74, 6) is 0. The van der Waals surface area contributed by atoms with E-state index in [0.717, 1.165) is 176 Å². The van der Waals surface area contributed by atoms with Crippen LogP contribution < -0.4 is 0 Å². The van der Waals surface area contributed by atoms with E-state index < -0.39 is 0 Å². The van der Waals surface area contributed by atoms with E-state index in [1.807, 2.05) is 12.1 Å². The molecule has 20 rings (SSSR count). The number of hydrogen-bond donors (Lipinski definition) is 0. The lowest BCUT2D eigenvalue weighted by atomic mass is 9.94. The second-order valence-corrected chi connectivity index (χ2v) is 24.2. The highest BCUT2D eigenvalue weighted by molar-refractivity contribution is 6.27. The quantitative estimate of drug-likeness (QED) is 0.157. The van der Waals surface area contributed by atoms with Crippen LogP contribution in [0.1, 0.15) is 5.56 Å². The molecule has 0 saturated heterocycles. The van der Waals surface area contributed by atoms with Crippen molar-refractivity contribution in [3.05, 3.63) is 315 Å². The first-order valence-corrected chi connectivity index (χ1v) is 31.4. The van der Waals surface area contributed by atoms with E-state index in [9.17, 15) is 5.26 Å². The molecule has 6 aromatic heterocycles. The summed E-state index contributed by atoms with van der Waals surface area (Å²) >= 11 is 0. The molecule has 0 radical (unpaired) electrons. The van der Waals surface area contributed by atoms with E-state index >= 15 is 0 Å². The largest absolute Gasteiger partial charge is 0.309 e. The van der Waals surface area contributed by atoms with Crippen molar-refractivity contribution < 1.29 is 0 Å². The van der Waals surface area contributed by atoms with Gasteiger partial charge in [0.1, 0.15) is 0 Å². The van der Waals surface area contributed by atoms with Crippen LogP contribution in [0.25, 0.3) is 176 Å². The maximum atomic E-state index is 10.8. The molecule has 0 amide bonds. The van der Waals surface area contributed by atoms with Crippen LogP contribution in [-0.2, 0) is 0 Å². The normalized spacial score (nSPS) is 12.1. The molecule has 0 atom stereocenters. The first-order chi connectivity index (χ1) is 45.7. The van der Waals surface area contributed by atoms with Gasteiger partial charge >= 0.3 is 0 Å². The highest BCUT2D eigenvalue weighted by Gasteiger charge is 2.37. The molecule has 0 bridgehead atoms. The van der Waals surface area contributed by atoms with Gasteiger partial charge in [0, 0.05) is 75.9 Å². The van der Waals surface area contributed by atoms with Crippen LogP contribution in [0.4, 0.5) is 0 Å². The van der Waals surface area contributed by atoms with Crippen molar-refractivity contribution >= 4 is 131 Å². The van der Waals surface area contributed by atoms with Crippen molar-refractivity contribution in [2.45, 2.75) is 0 Å². The molecule has 0 spiro atoms. The molecular formula is C85H51N7. The third kappa shape index (κ3) is 6.76. The van der Waals surface area contributed by atoms with Crippen LogP contribution in [0.3, 0.4) is 0 Å². The van der Waals surface area contributed by atoms with Gasteiger partial charge in [-0.15, -0.1) is 0 Å². The summed E-state index contributed by atoms with van der Waals surface area (Å²) in [4.78, 5) is 0. The summed E-state index contributed by atoms with van der Waals surface area (Å²) in [5, 5.41) is 24.5. The highest BCUT2D eigenvalue weighted by Crippen LogP contribution is 2.55. The number of rotatable bonds is 7. The minimum absolute atomic E-state index is 0.580. The van der Waals surface area contributed by atoms with Crippen LogP contribution in [0, 0.1) is 11.3 Å². The van der Waals surface area contributed by atoms with Crippen LogP contribution in [-0.4, -0.2) is 27.4 Å². The first-order valence-electron chi connectivity index (χ1n) is 31.4. The fourth-order valence-electron chi connectivity index (χ4n) is 16.0. The van der Waals surface area contributed by atoms with Gasteiger partial charge in [-0.25, -0.2) is 0 Å². The number of benzene rings is 14. The summed E-state index contributed by atoms with van der Waals surface area (Å²) < 4.78 is 15.5. The minimum Gasteiger partial charge on any atom is -0.309 e. The smallest absolute Gasteiger partial charge is 0.0991 e. The lowest BCUT2D eigenvalue weighted by Gasteiger charge is -2.32. The van der Waals surface area contributed by atoms with Crippen LogP contribution in [0.15, 0.2) is 309 Å². The van der Waals surface area contributed by atoms with Crippen LogP contribution >= 0.6 is 0 Å². The van der Waals surface area contributed by atoms with Gasteiger partial charge in [-0.05, 0) is 96.6 Å². The zero-order valence-corrected chi connectivity index (χ0v) is 49.6. The SMILES string of the molecule is N#Cc1ccc(-c2c(-n3c4ccccc4c4ccccc43)c(-n3c4ccccc4c4ccccc43)c(-n3c4ccccc4c4ccc5c(c6ccccc6n5-c5ccccc5)c43)c(-n3c4ccccc4c4ccccc43)c2-n2c3ccccc3c3ccccc32)cc1. The van der Waals surface area contributed by atoms with Gasteiger partial charge in [-0.3, -0.25) is 0 Å². The van der Waals surface area contributed by atoms with Gasteiger partial charge in [-0.1, -0.05) is 218 Å². The van der Waals surface area contributed by atoms with E-state index in [1.165, 1.54) is 0 Å². The second-order valence-electron chi connectivity index (χ2n) is 24.2. The number of hydrogen-bond acceptors (Lipinski definition) is 1. The Balaban J connectivity index is 1.19. The lowest BCUT2D eigenvalue weighted by Crippen LogP contribution is -2.18. The molecule has 0 aliphatic carbocycles. The zero-order valence-electron chi connectivity index (χ0n) is 49.6. The van der Waals surface area contributed by atoms with Crippen molar-refractivity contribution in [3.8, 4) is 51.3 Å². The Morgan fingerprint density at radius 1 is 0.207 bits per heavy atom. The molecule has 92 heavy (non-hydrogen) atoms. The number of fused-ring (bicyclic) bond motifs is 19. The van der Waals surface area contributed by atoms with Gasteiger partial charge in [0.05, 0.1) is 106 Å². The predicted octanol–water partition coefficient (Wildman–Crippen LogP) is 21.8. The maximum Gasteiger partial charge on any atom is 0.0991 e. The molecule has 426 valence electrons. The monoisotopic (exact) mass is 1170 g/mol. The van der Waals surface area contributed by atoms with Crippen molar-refractivity contribution in [1.82, 2.24) is 27.4 Å². The molecular weight excluding hydrogens is 1120 g/mol. The lowest BCUT2D eigenvalue weighted by molar-refractivity contribution is 1.00. The second kappa shape index (κ2) is 19.2. The van der Waals surface area contributed by atoms with E-state index in [2.05, 4.69) is 331 Å². The summed E-state index contributed by atoms with van der Waals surface area (Å²) in [7, 11) is 0. The molecule has 0 aliphatic heterocycles. The van der Waals surface area contributed by atoms with E-state index in [4.69, 9.17) is 0 Å².